The summed E-state index contributed by atoms with van der Waals surface area (Å²) in [7, 11) is 1.69. The van der Waals surface area contributed by atoms with Crippen molar-refractivity contribution in [2.45, 2.75) is 5.03 Å². The zero-order valence-corrected chi connectivity index (χ0v) is 16.1. The minimum atomic E-state index is 0.848. The third-order valence-electron chi connectivity index (χ3n) is 4.46. The molecule has 3 aromatic carbocycles. The number of nitrogens with zero attached hydrogens (tertiary/aromatic N) is 2. The standard InChI is InChI=1S/C23H20N2OS/c1-26-20-15-13-17(14-16-20)21-22(18-9-5-3-6-10-18)24-25(23(21)27-2)19-11-7-4-8-12-19/h3-16H,1-2H3. The minimum Gasteiger partial charge on any atom is -0.497 e. The molecule has 3 nitrogen and oxygen atoms in total. The fourth-order valence-corrected chi connectivity index (χ4v) is 3.89. The molecule has 0 fully saturated rings. The molecule has 134 valence electrons. The molecule has 0 aliphatic rings. The van der Waals surface area contributed by atoms with Gasteiger partial charge in [-0.05, 0) is 36.1 Å². The highest BCUT2D eigenvalue weighted by atomic mass is 32.2. The largest absolute Gasteiger partial charge is 0.497 e. The Bertz CT molecular complexity index is 1030. The number of ether oxygens (including phenoxy) is 1. The Morgan fingerprint density at radius 1 is 0.778 bits per heavy atom. The number of methoxy groups -OCH3 is 1. The summed E-state index contributed by atoms with van der Waals surface area (Å²) in [6.45, 7) is 0. The van der Waals surface area contributed by atoms with Crippen LogP contribution in [0.4, 0.5) is 0 Å². The molecule has 0 aliphatic carbocycles. The van der Waals surface area contributed by atoms with Crippen LogP contribution < -0.4 is 4.74 Å². The molecule has 4 aromatic rings. The van der Waals surface area contributed by atoms with Crippen molar-refractivity contribution in [1.82, 2.24) is 9.78 Å². The van der Waals surface area contributed by atoms with Gasteiger partial charge in [-0.25, -0.2) is 4.68 Å². The molecule has 1 heterocycles. The van der Waals surface area contributed by atoms with E-state index in [4.69, 9.17) is 9.84 Å². The summed E-state index contributed by atoms with van der Waals surface area (Å²) in [6.07, 6.45) is 2.10. The van der Waals surface area contributed by atoms with E-state index in [9.17, 15) is 0 Å². The van der Waals surface area contributed by atoms with Gasteiger partial charge in [0.15, 0.2) is 0 Å². The zero-order chi connectivity index (χ0) is 18.6. The first-order chi connectivity index (χ1) is 13.3. The summed E-state index contributed by atoms with van der Waals surface area (Å²) in [5, 5.41) is 6.12. The molecule has 0 saturated carbocycles. The van der Waals surface area contributed by atoms with Crippen LogP contribution in [0, 0.1) is 0 Å². The second-order valence-electron chi connectivity index (χ2n) is 6.07. The summed E-state index contributed by atoms with van der Waals surface area (Å²) in [6, 6.07) is 28.8. The highest BCUT2D eigenvalue weighted by Gasteiger charge is 2.21. The topological polar surface area (TPSA) is 27.1 Å². The molecular formula is C23H20N2OS. The van der Waals surface area contributed by atoms with E-state index < -0.39 is 0 Å². The van der Waals surface area contributed by atoms with Crippen LogP contribution in [0.1, 0.15) is 0 Å². The predicted molar refractivity (Wildman–Crippen MR) is 113 cm³/mol. The van der Waals surface area contributed by atoms with Crippen LogP contribution in [0.25, 0.3) is 28.1 Å². The van der Waals surface area contributed by atoms with Gasteiger partial charge in [0.1, 0.15) is 16.5 Å². The Morgan fingerprint density at radius 2 is 1.41 bits per heavy atom. The highest BCUT2D eigenvalue weighted by Crippen LogP contribution is 2.40. The maximum atomic E-state index is 5.32. The number of aromatic nitrogens is 2. The van der Waals surface area contributed by atoms with E-state index in [0.29, 0.717) is 0 Å². The molecule has 0 N–H and O–H groups in total. The van der Waals surface area contributed by atoms with E-state index in [1.807, 2.05) is 53.2 Å². The summed E-state index contributed by atoms with van der Waals surface area (Å²) in [5.41, 5.74) is 5.41. The van der Waals surface area contributed by atoms with Gasteiger partial charge in [-0.2, -0.15) is 5.10 Å². The molecule has 0 unspecified atom stereocenters. The lowest BCUT2D eigenvalue weighted by molar-refractivity contribution is 0.415. The molecule has 0 bridgehead atoms. The van der Waals surface area contributed by atoms with Gasteiger partial charge in [0.05, 0.1) is 12.8 Å². The number of hydrogen-bond donors (Lipinski definition) is 0. The average Bonchev–Trinajstić information content (AvgIpc) is 3.14. The third kappa shape index (κ3) is 3.36. The number of rotatable bonds is 5. The third-order valence-corrected chi connectivity index (χ3v) is 5.23. The number of thioether (sulfide) groups is 1. The van der Waals surface area contributed by atoms with Gasteiger partial charge in [0, 0.05) is 11.1 Å². The fourth-order valence-electron chi connectivity index (χ4n) is 3.15. The Morgan fingerprint density at radius 3 is 2.00 bits per heavy atom. The normalized spacial score (nSPS) is 10.7. The lowest BCUT2D eigenvalue weighted by Crippen LogP contribution is -1.97. The van der Waals surface area contributed by atoms with E-state index in [-0.39, 0.29) is 0 Å². The second kappa shape index (κ2) is 7.72. The molecule has 27 heavy (non-hydrogen) atoms. The van der Waals surface area contributed by atoms with Crippen LogP contribution in [0.2, 0.25) is 0 Å². The van der Waals surface area contributed by atoms with Crippen LogP contribution in [-0.4, -0.2) is 23.1 Å². The lowest BCUT2D eigenvalue weighted by atomic mass is 10.0. The van der Waals surface area contributed by atoms with Gasteiger partial charge in [0.2, 0.25) is 0 Å². The molecule has 0 spiro atoms. The monoisotopic (exact) mass is 372 g/mol. The summed E-state index contributed by atoms with van der Waals surface area (Å²) < 4.78 is 7.36. The average molecular weight is 372 g/mol. The Labute approximate surface area is 163 Å². The molecule has 1 aromatic heterocycles. The number of hydrogen-bond acceptors (Lipinski definition) is 3. The maximum Gasteiger partial charge on any atom is 0.118 e. The SMILES string of the molecule is COc1ccc(-c2c(-c3ccccc3)nn(-c3ccccc3)c2SC)cc1. The molecule has 0 saturated heterocycles. The van der Waals surface area contributed by atoms with Gasteiger partial charge < -0.3 is 4.74 Å². The van der Waals surface area contributed by atoms with Gasteiger partial charge in [-0.3, -0.25) is 0 Å². The first kappa shape index (κ1) is 17.4. The maximum absolute atomic E-state index is 5.32. The molecule has 4 heteroatoms. The molecule has 0 radical (unpaired) electrons. The molecule has 0 aliphatic heterocycles. The molecule has 4 rings (SSSR count). The van der Waals surface area contributed by atoms with E-state index in [1.54, 1.807) is 18.9 Å². The minimum absolute atomic E-state index is 0.848. The van der Waals surface area contributed by atoms with Crippen LogP contribution in [0.3, 0.4) is 0 Å². The summed E-state index contributed by atoms with van der Waals surface area (Å²) in [4.78, 5) is 0. The van der Waals surface area contributed by atoms with Crippen LogP contribution in [0.5, 0.6) is 5.75 Å². The first-order valence-corrected chi connectivity index (χ1v) is 9.96. The van der Waals surface area contributed by atoms with E-state index in [1.165, 1.54) is 0 Å². The van der Waals surface area contributed by atoms with Crippen molar-refractivity contribution in [3.8, 4) is 33.8 Å². The van der Waals surface area contributed by atoms with Crippen molar-refractivity contribution in [1.29, 1.82) is 0 Å². The summed E-state index contributed by atoms with van der Waals surface area (Å²) in [5.74, 6) is 0.848. The molecular weight excluding hydrogens is 352 g/mol. The van der Waals surface area contributed by atoms with E-state index >= 15 is 0 Å². The second-order valence-corrected chi connectivity index (χ2v) is 6.87. The van der Waals surface area contributed by atoms with Gasteiger partial charge in [-0.15, -0.1) is 11.8 Å². The van der Waals surface area contributed by atoms with Crippen LogP contribution >= 0.6 is 11.8 Å². The Kier molecular flexibility index (Phi) is 4.99. The van der Waals surface area contributed by atoms with Crippen LogP contribution in [-0.2, 0) is 0 Å². The van der Waals surface area contributed by atoms with Gasteiger partial charge in [0.25, 0.3) is 0 Å². The zero-order valence-electron chi connectivity index (χ0n) is 15.3. The van der Waals surface area contributed by atoms with E-state index in [2.05, 4.69) is 42.7 Å². The smallest absolute Gasteiger partial charge is 0.118 e. The van der Waals surface area contributed by atoms with Gasteiger partial charge >= 0.3 is 0 Å². The molecule has 0 amide bonds. The predicted octanol–water partition coefficient (Wildman–Crippen LogP) is 5.94. The van der Waals surface area contributed by atoms with E-state index in [0.717, 1.165) is 38.8 Å². The van der Waals surface area contributed by atoms with Crippen molar-refractivity contribution in [3.05, 3.63) is 84.9 Å². The molecule has 0 atom stereocenters. The first-order valence-electron chi connectivity index (χ1n) is 8.74. The Hall–Kier alpha value is -2.98. The van der Waals surface area contributed by atoms with Crippen molar-refractivity contribution >= 4 is 11.8 Å². The number of para-hydroxylation sites is 1. The fraction of sp³-hybridized carbons (Fsp3) is 0.0870. The summed E-state index contributed by atoms with van der Waals surface area (Å²) >= 11 is 1.71. The van der Waals surface area contributed by atoms with Crippen molar-refractivity contribution < 1.29 is 4.74 Å². The van der Waals surface area contributed by atoms with Crippen molar-refractivity contribution in [2.24, 2.45) is 0 Å². The van der Waals surface area contributed by atoms with Crippen molar-refractivity contribution in [3.63, 3.8) is 0 Å². The number of benzene rings is 3. The van der Waals surface area contributed by atoms with Gasteiger partial charge in [-0.1, -0.05) is 60.7 Å². The Balaban J connectivity index is 1.98. The highest BCUT2D eigenvalue weighted by molar-refractivity contribution is 7.98. The van der Waals surface area contributed by atoms with Crippen LogP contribution in [0.15, 0.2) is 90.0 Å². The van der Waals surface area contributed by atoms with Crippen molar-refractivity contribution in [2.75, 3.05) is 13.4 Å². The quantitative estimate of drug-likeness (QED) is 0.406. The lowest BCUT2D eigenvalue weighted by Gasteiger charge is -2.08.